The Morgan fingerprint density at radius 1 is 1.12 bits per heavy atom. The Morgan fingerprint density at radius 2 is 1.88 bits per heavy atom. The van der Waals surface area contributed by atoms with E-state index < -0.39 is 0 Å². The molecule has 1 heteroatoms. The van der Waals surface area contributed by atoms with Gasteiger partial charge in [0.1, 0.15) is 11.4 Å². The van der Waals surface area contributed by atoms with Gasteiger partial charge in [-0.25, -0.2) is 0 Å². The standard InChI is InChI=1S/C16H15O/c1-16(17-14-8-3-2-4-9-14)12-11-13-7-5-6-10-15(13)16/h3-10H,11-12H2,1H3. The summed E-state index contributed by atoms with van der Waals surface area (Å²) in [6.07, 6.45) is 2.15. The highest BCUT2D eigenvalue weighted by atomic mass is 16.5. The molecule has 0 amide bonds. The largest absolute Gasteiger partial charge is 0.483 e. The molecular formula is C16H15O. The van der Waals surface area contributed by atoms with Crippen LogP contribution in [0.3, 0.4) is 0 Å². The number of ether oxygens (including phenoxy) is 1. The van der Waals surface area contributed by atoms with Crippen molar-refractivity contribution < 1.29 is 4.74 Å². The zero-order chi connectivity index (χ0) is 11.7. The van der Waals surface area contributed by atoms with Gasteiger partial charge in [0.2, 0.25) is 0 Å². The molecule has 1 atom stereocenters. The molecule has 17 heavy (non-hydrogen) atoms. The van der Waals surface area contributed by atoms with Crippen molar-refractivity contribution in [3.8, 4) is 5.75 Å². The van der Waals surface area contributed by atoms with E-state index in [4.69, 9.17) is 4.74 Å². The molecule has 1 radical (unpaired) electrons. The Bertz CT molecular complexity index is 518. The lowest BCUT2D eigenvalue weighted by atomic mass is 9.98. The smallest absolute Gasteiger partial charge is 0.132 e. The van der Waals surface area contributed by atoms with Gasteiger partial charge in [-0.2, -0.15) is 0 Å². The lowest BCUT2D eigenvalue weighted by molar-refractivity contribution is 0.0891. The molecule has 2 aromatic carbocycles. The molecule has 1 nitrogen and oxygen atoms in total. The van der Waals surface area contributed by atoms with E-state index in [-0.39, 0.29) is 5.60 Å². The monoisotopic (exact) mass is 223 g/mol. The number of rotatable bonds is 2. The van der Waals surface area contributed by atoms with Crippen molar-refractivity contribution in [2.75, 3.05) is 0 Å². The second-order valence-electron chi connectivity index (χ2n) is 4.73. The third-order valence-corrected chi connectivity index (χ3v) is 3.49. The van der Waals surface area contributed by atoms with Crippen LogP contribution < -0.4 is 4.74 Å². The molecule has 1 aliphatic carbocycles. The van der Waals surface area contributed by atoms with E-state index in [1.54, 1.807) is 0 Å². The van der Waals surface area contributed by atoms with Gasteiger partial charge in [0.25, 0.3) is 0 Å². The molecule has 2 aromatic rings. The van der Waals surface area contributed by atoms with Gasteiger partial charge < -0.3 is 4.74 Å². The van der Waals surface area contributed by atoms with Gasteiger partial charge in [-0.1, -0.05) is 36.4 Å². The van der Waals surface area contributed by atoms with Gasteiger partial charge >= 0.3 is 0 Å². The molecule has 0 spiro atoms. The fourth-order valence-electron chi connectivity index (χ4n) is 2.57. The summed E-state index contributed by atoms with van der Waals surface area (Å²) in [4.78, 5) is 0. The molecule has 0 aromatic heterocycles. The minimum atomic E-state index is -0.183. The lowest BCUT2D eigenvalue weighted by Crippen LogP contribution is -2.26. The molecule has 0 N–H and O–H groups in total. The number of fused-ring (bicyclic) bond motifs is 1. The summed E-state index contributed by atoms with van der Waals surface area (Å²) in [6, 6.07) is 19.3. The second kappa shape index (κ2) is 3.92. The number of benzene rings is 2. The van der Waals surface area contributed by atoms with Crippen LogP contribution in [0.2, 0.25) is 0 Å². The van der Waals surface area contributed by atoms with Crippen LogP contribution in [0.5, 0.6) is 5.75 Å². The van der Waals surface area contributed by atoms with Gasteiger partial charge in [0.15, 0.2) is 0 Å². The Kier molecular flexibility index (Phi) is 2.40. The van der Waals surface area contributed by atoms with Crippen LogP contribution in [0.1, 0.15) is 24.5 Å². The molecule has 85 valence electrons. The maximum atomic E-state index is 6.17. The SMILES string of the molecule is CC1(Oc2cc[c]cc2)CCc2ccccc21. The molecule has 0 bridgehead atoms. The first kappa shape index (κ1) is 10.4. The molecule has 0 saturated heterocycles. The Balaban J connectivity index is 1.94. The van der Waals surface area contributed by atoms with Crippen LogP contribution in [0, 0.1) is 6.07 Å². The average Bonchev–Trinajstić information content (AvgIpc) is 2.69. The highest BCUT2D eigenvalue weighted by Crippen LogP contribution is 2.39. The zero-order valence-corrected chi connectivity index (χ0v) is 9.94. The van der Waals surface area contributed by atoms with Crippen molar-refractivity contribution in [3.05, 3.63) is 65.7 Å². The highest BCUT2D eigenvalue weighted by Gasteiger charge is 2.35. The zero-order valence-electron chi connectivity index (χ0n) is 9.94. The van der Waals surface area contributed by atoms with Crippen LogP contribution in [0.4, 0.5) is 0 Å². The Labute approximate surface area is 102 Å². The number of hydrogen-bond acceptors (Lipinski definition) is 1. The third kappa shape index (κ3) is 1.82. The minimum Gasteiger partial charge on any atom is -0.483 e. The highest BCUT2D eigenvalue weighted by molar-refractivity contribution is 5.38. The van der Waals surface area contributed by atoms with E-state index in [1.165, 1.54) is 11.1 Å². The van der Waals surface area contributed by atoms with E-state index in [9.17, 15) is 0 Å². The van der Waals surface area contributed by atoms with E-state index in [0.717, 1.165) is 18.6 Å². The van der Waals surface area contributed by atoms with Crippen LogP contribution in [0.15, 0.2) is 48.5 Å². The van der Waals surface area contributed by atoms with E-state index in [2.05, 4.69) is 37.3 Å². The summed E-state index contributed by atoms with van der Waals surface area (Å²) >= 11 is 0. The summed E-state index contributed by atoms with van der Waals surface area (Å²) < 4.78 is 6.17. The number of aryl methyl sites for hydroxylation is 1. The molecule has 0 fully saturated rings. The first-order valence-corrected chi connectivity index (χ1v) is 6.01. The minimum absolute atomic E-state index is 0.183. The molecule has 1 aliphatic rings. The van der Waals surface area contributed by atoms with Crippen molar-refractivity contribution >= 4 is 0 Å². The van der Waals surface area contributed by atoms with Crippen LogP contribution in [0.25, 0.3) is 0 Å². The molecular weight excluding hydrogens is 208 g/mol. The van der Waals surface area contributed by atoms with Gasteiger partial charge in [0, 0.05) is 0 Å². The quantitative estimate of drug-likeness (QED) is 0.753. The Hall–Kier alpha value is -1.76. The summed E-state index contributed by atoms with van der Waals surface area (Å²) in [6.45, 7) is 2.18. The fraction of sp³-hybridized carbons (Fsp3) is 0.250. The molecule has 3 rings (SSSR count). The van der Waals surface area contributed by atoms with Gasteiger partial charge in [-0.15, -0.1) is 0 Å². The molecule has 1 unspecified atom stereocenters. The van der Waals surface area contributed by atoms with Gasteiger partial charge in [-0.3, -0.25) is 0 Å². The predicted molar refractivity (Wildman–Crippen MR) is 68.0 cm³/mol. The summed E-state index contributed by atoms with van der Waals surface area (Å²) in [5.74, 6) is 0.919. The Morgan fingerprint density at radius 3 is 2.71 bits per heavy atom. The predicted octanol–water partition coefficient (Wildman–Crippen LogP) is 3.73. The lowest BCUT2D eigenvalue weighted by Gasteiger charge is -2.27. The maximum Gasteiger partial charge on any atom is 0.132 e. The van der Waals surface area contributed by atoms with Gasteiger partial charge in [0.05, 0.1) is 0 Å². The average molecular weight is 223 g/mol. The van der Waals surface area contributed by atoms with Crippen LogP contribution in [-0.2, 0) is 12.0 Å². The molecule has 0 saturated carbocycles. The first-order valence-electron chi connectivity index (χ1n) is 6.01. The van der Waals surface area contributed by atoms with Crippen molar-refractivity contribution in [2.24, 2.45) is 0 Å². The van der Waals surface area contributed by atoms with Crippen LogP contribution >= 0.6 is 0 Å². The molecule has 0 aliphatic heterocycles. The summed E-state index contributed by atoms with van der Waals surface area (Å²) in [5.41, 5.74) is 2.56. The van der Waals surface area contributed by atoms with E-state index in [0.29, 0.717) is 0 Å². The summed E-state index contributed by atoms with van der Waals surface area (Å²) in [5, 5.41) is 0. The van der Waals surface area contributed by atoms with E-state index in [1.807, 2.05) is 24.3 Å². The van der Waals surface area contributed by atoms with E-state index >= 15 is 0 Å². The normalized spacial score (nSPS) is 22.2. The van der Waals surface area contributed by atoms with Crippen molar-refractivity contribution in [2.45, 2.75) is 25.4 Å². The van der Waals surface area contributed by atoms with Crippen molar-refractivity contribution in [1.29, 1.82) is 0 Å². The third-order valence-electron chi connectivity index (χ3n) is 3.49. The van der Waals surface area contributed by atoms with Crippen molar-refractivity contribution in [3.63, 3.8) is 0 Å². The van der Waals surface area contributed by atoms with Crippen molar-refractivity contribution in [1.82, 2.24) is 0 Å². The summed E-state index contributed by atoms with van der Waals surface area (Å²) in [7, 11) is 0. The fourth-order valence-corrected chi connectivity index (χ4v) is 2.57. The first-order chi connectivity index (χ1) is 8.28. The number of hydrogen-bond donors (Lipinski definition) is 0. The molecule has 0 heterocycles. The second-order valence-corrected chi connectivity index (χ2v) is 4.73. The van der Waals surface area contributed by atoms with Crippen LogP contribution in [-0.4, -0.2) is 0 Å². The van der Waals surface area contributed by atoms with Gasteiger partial charge in [-0.05, 0) is 49.1 Å². The topological polar surface area (TPSA) is 9.23 Å². The maximum absolute atomic E-state index is 6.17.